The molecule has 0 aliphatic carbocycles. The van der Waals surface area contributed by atoms with Crippen molar-refractivity contribution in [3.63, 3.8) is 0 Å². The van der Waals surface area contributed by atoms with Gasteiger partial charge >= 0.3 is 5.97 Å². The van der Waals surface area contributed by atoms with Crippen LogP contribution in [-0.2, 0) is 16.0 Å². The van der Waals surface area contributed by atoms with E-state index in [1.807, 2.05) is 18.2 Å². The molecule has 1 aliphatic rings. The monoisotopic (exact) mass is 367 g/mol. The Balaban J connectivity index is 1.45. The van der Waals surface area contributed by atoms with Crippen LogP contribution in [-0.4, -0.2) is 41.6 Å². The third-order valence-corrected chi connectivity index (χ3v) is 5.12. The van der Waals surface area contributed by atoms with Gasteiger partial charge in [-0.25, -0.2) is 4.79 Å². The highest BCUT2D eigenvalue weighted by molar-refractivity contribution is 5.94. The predicted molar refractivity (Wildman–Crippen MR) is 103 cm³/mol. The van der Waals surface area contributed by atoms with Crippen LogP contribution in [0.2, 0.25) is 0 Å². The SMILES string of the molecule is Cc1cccc(C(=O)OCC(=O)N2CCC(Cc3ccccc3)CC2)c1O. The molecular weight excluding hydrogens is 342 g/mol. The molecule has 1 N–H and O–H groups in total. The molecule has 0 radical (unpaired) electrons. The second-order valence-electron chi connectivity index (χ2n) is 7.06. The number of phenols is 1. The zero-order valence-electron chi connectivity index (χ0n) is 15.6. The summed E-state index contributed by atoms with van der Waals surface area (Å²) in [5, 5.41) is 9.94. The predicted octanol–water partition coefficient (Wildman–Crippen LogP) is 3.34. The van der Waals surface area contributed by atoms with Gasteiger partial charge in [0.1, 0.15) is 11.3 Å². The lowest BCUT2D eigenvalue weighted by Crippen LogP contribution is -2.41. The molecule has 27 heavy (non-hydrogen) atoms. The number of esters is 1. The van der Waals surface area contributed by atoms with E-state index < -0.39 is 5.97 Å². The molecule has 0 atom stereocenters. The van der Waals surface area contributed by atoms with Crippen LogP contribution in [0.15, 0.2) is 48.5 Å². The van der Waals surface area contributed by atoms with Crippen LogP contribution in [0.25, 0.3) is 0 Å². The number of piperidine rings is 1. The molecule has 1 fully saturated rings. The number of carbonyl (C=O) groups is 2. The Hall–Kier alpha value is -2.82. The number of aromatic hydroxyl groups is 1. The van der Waals surface area contributed by atoms with Crippen molar-refractivity contribution < 1.29 is 19.4 Å². The van der Waals surface area contributed by atoms with Gasteiger partial charge in [-0.15, -0.1) is 0 Å². The van der Waals surface area contributed by atoms with Gasteiger partial charge in [0, 0.05) is 13.1 Å². The van der Waals surface area contributed by atoms with Crippen LogP contribution in [0, 0.1) is 12.8 Å². The molecule has 3 rings (SSSR count). The van der Waals surface area contributed by atoms with Crippen molar-refractivity contribution in [3.8, 4) is 5.75 Å². The van der Waals surface area contributed by atoms with Gasteiger partial charge in [0.05, 0.1) is 0 Å². The summed E-state index contributed by atoms with van der Waals surface area (Å²) < 4.78 is 5.11. The maximum Gasteiger partial charge on any atom is 0.342 e. The fourth-order valence-electron chi connectivity index (χ4n) is 3.45. The topological polar surface area (TPSA) is 66.8 Å². The highest BCUT2D eigenvalue weighted by Gasteiger charge is 2.24. The minimum absolute atomic E-state index is 0.0874. The van der Waals surface area contributed by atoms with Gasteiger partial charge in [-0.2, -0.15) is 0 Å². The number of nitrogens with zero attached hydrogens (tertiary/aromatic N) is 1. The Bertz CT molecular complexity index is 795. The van der Waals surface area contributed by atoms with Gasteiger partial charge in [-0.3, -0.25) is 4.79 Å². The van der Waals surface area contributed by atoms with Crippen molar-refractivity contribution in [1.82, 2.24) is 4.90 Å². The van der Waals surface area contributed by atoms with Crippen LogP contribution in [0.1, 0.15) is 34.3 Å². The average Bonchev–Trinajstić information content (AvgIpc) is 2.69. The smallest absolute Gasteiger partial charge is 0.342 e. The number of hydrogen-bond acceptors (Lipinski definition) is 4. The van der Waals surface area contributed by atoms with Gasteiger partial charge in [0.2, 0.25) is 0 Å². The first kappa shape index (κ1) is 19.0. The number of amides is 1. The molecule has 0 saturated carbocycles. The summed E-state index contributed by atoms with van der Waals surface area (Å²) in [7, 11) is 0. The first-order valence-corrected chi connectivity index (χ1v) is 9.32. The summed E-state index contributed by atoms with van der Waals surface area (Å²) in [6, 6.07) is 15.3. The number of carbonyl (C=O) groups excluding carboxylic acids is 2. The Kier molecular flexibility index (Phi) is 6.12. The summed E-state index contributed by atoms with van der Waals surface area (Å²) >= 11 is 0. The van der Waals surface area contributed by atoms with E-state index in [1.54, 1.807) is 24.0 Å². The van der Waals surface area contributed by atoms with Gasteiger partial charge in [0.15, 0.2) is 6.61 Å². The molecule has 5 heteroatoms. The molecule has 142 valence electrons. The maximum atomic E-state index is 12.3. The lowest BCUT2D eigenvalue weighted by atomic mass is 9.90. The number of aryl methyl sites for hydroxylation is 1. The minimum Gasteiger partial charge on any atom is -0.507 e. The highest BCUT2D eigenvalue weighted by Crippen LogP contribution is 2.23. The van der Waals surface area contributed by atoms with Gasteiger partial charge in [-0.05, 0) is 49.3 Å². The molecule has 5 nitrogen and oxygen atoms in total. The second kappa shape index (κ2) is 8.71. The molecule has 1 aliphatic heterocycles. The van der Waals surface area contributed by atoms with Crippen LogP contribution < -0.4 is 0 Å². The van der Waals surface area contributed by atoms with Crippen LogP contribution in [0.4, 0.5) is 0 Å². The molecule has 2 aromatic carbocycles. The average molecular weight is 367 g/mol. The van der Waals surface area contributed by atoms with E-state index in [0.717, 1.165) is 19.3 Å². The van der Waals surface area contributed by atoms with Crippen molar-refractivity contribution in [2.75, 3.05) is 19.7 Å². The summed E-state index contributed by atoms with van der Waals surface area (Å²) in [6.07, 6.45) is 2.94. The van der Waals surface area contributed by atoms with E-state index >= 15 is 0 Å². The molecule has 1 amide bonds. The van der Waals surface area contributed by atoms with E-state index in [1.165, 1.54) is 11.6 Å². The lowest BCUT2D eigenvalue weighted by Gasteiger charge is -2.32. The normalized spacial score (nSPS) is 14.8. The van der Waals surface area contributed by atoms with Gasteiger partial charge < -0.3 is 14.7 Å². The zero-order valence-corrected chi connectivity index (χ0v) is 15.6. The Morgan fingerprint density at radius 3 is 2.48 bits per heavy atom. The van der Waals surface area contributed by atoms with Crippen molar-refractivity contribution in [1.29, 1.82) is 0 Å². The molecule has 0 unspecified atom stereocenters. The summed E-state index contributed by atoms with van der Waals surface area (Å²) in [5.41, 5.74) is 2.01. The molecule has 1 saturated heterocycles. The highest BCUT2D eigenvalue weighted by atomic mass is 16.5. The maximum absolute atomic E-state index is 12.3. The Morgan fingerprint density at radius 1 is 1.07 bits per heavy atom. The van der Waals surface area contributed by atoms with Crippen LogP contribution in [0.3, 0.4) is 0 Å². The third-order valence-electron chi connectivity index (χ3n) is 5.12. The number of likely N-dealkylation sites (tertiary alicyclic amines) is 1. The standard InChI is InChI=1S/C22H25NO4/c1-16-6-5-9-19(21(16)25)22(26)27-15-20(24)23-12-10-18(11-13-23)14-17-7-3-2-4-8-17/h2-9,18,25H,10-15H2,1H3. The molecule has 2 aromatic rings. The fraction of sp³-hybridized carbons (Fsp3) is 0.364. The first-order valence-electron chi connectivity index (χ1n) is 9.32. The third kappa shape index (κ3) is 4.88. The summed E-state index contributed by atoms with van der Waals surface area (Å²) in [6.45, 7) is 2.78. The van der Waals surface area contributed by atoms with Gasteiger partial charge in [0.25, 0.3) is 5.91 Å². The summed E-state index contributed by atoms with van der Waals surface area (Å²) in [5.74, 6) is -0.392. The van der Waals surface area contributed by atoms with E-state index in [9.17, 15) is 14.7 Å². The largest absolute Gasteiger partial charge is 0.507 e. The van der Waals surface area contributed by atoms with Gasteiger partial charge in [-0.1, -0.05) is 42.5 Å². The summed E-state index contributed by atoms with van der Waals surface area (Å²) in [4.78, 5) is 26.2. The lowest BCUT2D eigenvalue weighted by molar-refractivity contribution is -0.135. The van der Waals surface area contributed by atoms with Crippen LogP contribution >= 0.6 is 0 Å². The van der Waals surface area contributed by atoms with E-state index in [2.05, 4.69) is 12.1 Å². The molecule has 0 bridgehead atoms. The second-order valence-corrected chi connectivity index (χ2v) is 7.06. The number of para-hydroxylation sites is 1. The number of ether oxygens (including phenoxy) is 1. The Morgan fingerprint density at radius 2 is 1.78 bits per heavy atom. The molecule has 1 heterocycles. The van der Waals surface area contributed by atoms with Crippen molar-refractivity contribution in [3.05, 3.63) is 65.2 Å². The molecule has 0 spiro atoms. The quantitative estimate of drug-likeness (QED) is 0.823. The Labute approximate surface area is 159 Å². The minimum atomic E-state index is -0.677. The number of benzene rings is 2. The molecule has 0 aromatic heterocycles. The van der Waals surface area contributed by atoms with Crippen molar-refractivity contribution in [2.45, 2.75) is 26.2 Å². The molecular formula is C22H25NO4. The number of rotatable bonds is 5. The van der Waals surface area contributed by atoms with Crippen molar-refractivity contribution >= 4 is 11.9 Å². The number of phenolic OH excluding ortho intramolecular Hbond substituents is 1. The van der Waals surface area contributed by atoms with Crippen molar-refractivity contribution in [2.24, 2.45) is 5.92 Å². The zero-order chi connectivity index (χ0) is 19.2. The van der Waals surface area contributed by atoms with E-state index in [4.69, 9.17) is 4.74 Å². The number of hydrogen-bond donors (Lipinski definition) is 1. The van der Waals surface area contributed by atoms with Crippen LogP contribution in [0.5, 0.6) is 5.75 Å². The first-order chi connectivity index (χ1) is 13.0. The van der Waals surface area contributed by atoms with E-state index in [0.29, 0.717) is 24.6 Å². The fourth-order valence-corrected chi connectivity index (χ4v) is 3.45. The van der Waals surface area contributed by atoms with E-state index in [-0.39, 0.29) is 23.8 Å².